The van der Waals surface area contributed by atoms with E-state index in [2.05, 4.69) is 25.3 Å². The van der Waals surface area contributed by atoms with E-state index in [1.807, 2.05) is 18.2 Å². The summed E-state index contributed by atoms with van der Waals surface area (Å²) in [5.41, 5.74) is 1.90. The lowest BCUT2D eigenvalue weighted by Gasteiger charge is -2.03. The summed E-state index contributed by atoms with van der Waals surface area (Å²) in [4.78, 5) is 11.4. The highest BCUT2D eigenvalue weighted by Crippen LogP contribution is 2.27. The number of amides is 1. The Morgan fingerprint density at radius 3 is 3.00 bits per heavy atom. The molecule has 0 spiro atoms. The molecule has 1 aliphatic heterocycles. The van der Waals surface area contributed by atoms with Crippen LogP contribution in [0.3, 0.4) is 0 Å². The minimum absolute atomic E-state index is 0.0856. The minimum Gasteiger partial charge on any atom is -0.319 e. The van der Waals surface area contributed by atoms with Crippen LogP contribution in [0.25, 0.3) is 0 Å². The highest BCUT2D eigenvalue weighted by atomic mass is 79.9. The van der Waals surface area contributed by atoms with Gasteiger partial charge >= 0.3 is 0 Å². The molecule has 0 bridgehead atoms. The second-order valence-corrected chi connectivity index (χ2v) is 4.27. The lowest BCUT2D eigenvalue weighted by atomic mass is 10.1. The Morgan fingerprint density at radius 2 is 2.25 bits per heavy atom. The van der Waals surface area contributed by atoms with Gasteiger partial charge in [0.15, 0.2) is 0 Å². The predicted octanol–water partition coefficient (Wildman–Crippen LogP) is 2.20. The molecule has 62 valence electrons. The lowest BCUT2D eigenvalue weighted by Crippen LogP contribution is -2.09. The zero-order valence-corrected chi connectivity index (χ0v) is 8.99. The van der Waals surface area contributed by atoms with E-state index < -0.39 is 0 Å². The Balaban J connectivity index is 2.54. The van der Waals surface area contributed by atoms with E-state index in [9.17, 15) is 4.79 Å². The van der Waals surface area contributed by atoms with Crippen LogP contribution in [-0.2, 0) is 6.54 Å². The van der Waals surface area contributed by atoms with E-state index in [0.29, 0.717) is 6.54 Å². The van der Waals surface area contributed by atoms with Crippen LogP contribution in [0, 0.1) is 0 Å². The van der Waals surface area contributed by atoms with Gasteiger partial charge in [-0.15, -0.1) is 0 Å². The van der Waals surface area contributed by atoms with Gasteiger partial charge in [-0.3, -0.25) is 4.79 Å². The maximum atomic E-state index is 11.4. The van der Waals surface area contributed by atoms with Crippen LogP contribution in [0.5, 0.6) is 0 Å². The molecule has 0 saturated heterocycles. The van der Waals surface area contributed by atoms with Crippen LogP contribution in [0.1, 0.15) is 15.9 Å². The van der Waals surface area contributed by atoms with E-state index in [1.54, 1.807) is 4.67 Å². The Bertz CT molecular complexity index is 353. The molecule has 2 rings (SSSR count). The summed E-state index contributed by atoms with van der Waals surface area (Å²) in [5.74, 6) is 0.0856. The van der Waals surface area contributed by atoms with Crippen molar-refractivity contribution >= 4 is 31.2 Å². The first-order chi connectivity index (χ1) is 5.68. The quantitative estimate of drug-likeness (QED) is 0.640. The first-order valence-electron chi connectivity index (χ1n) is 3.53. The van der Waals surface area contributed by atoms with Gasteiger partial charge in [-0.2, -0.15) is 0 Å². The number of hydrogen-bond acceptors (Lipinski definition) is 1. The molecule has 1 atom stereocenters. The maximum Gasteiger partial charge on any atom is 0.257 e. The van der Waals surface area contributed by atoms with Gasteiger partial charge in [0.05, 0.1) is 6.54 Å². The van der Waals surface area contributed by atoms with Crippen molar-refractivity contribution in [2.45, 2.75) is 6.54 Å². The van der Waals surface area contributed by atoms with Gasteiger partial charge in [0.1, 0.15) is 0 Å². The molecule has 1 amide bonds. The van der Waals surface area contributed by atoms with Crippen LogP contribution in [-0.4, -0.2) is 10.6 Å². The zero-order valence-electron chi connectivity index (χ0n) is 6.25. The van der Waals surface area contributed by atoms with Gasteiger partial charge < -0.3 is 4.67 Å². The fourth-order valence-electron chi connectivity index (χ4n) is 1.31. The number of carbonyl (C=O) groups excluding carboxylic acids is 1. The molecule has 0 aliphatic carbocycles. The third kappa shape index (κ3) is 1.17. The summed E-state index contributed by atoms with van der Waals surface area (Å²) in [6, 6.07) is 5.73. The summed E-state index contributed by atoms with van der Waals surface area (Å²) >= 11 is 3.37. The van der Waals surface area contributed by atoms with Crippen LogP contribution in [0.2, 0.25) is 0 Å². The fourth-order valence-corrected chi connectivity index (χ4v) is 2.06. The highest BCUT2D eigenvalue weighted by molar-refractivity contribution is 9.10. The maximum absolute atomic E-state index is 11.4. The standard InChI is InChI=1S/C8H7BrNOP/c9-6-1-2-7-5(3-6)4-10(12)8(7)11/h1-3H,4,12H2. The van der Waals surface area contributed by atoms with Crippen molar-refractivity contribution in [3.05, 3.63) is 33.8 Å². The fraction of sp³-hybridized carbons (Fsp3) is 0.125. The average Bonchev–Trinajstić information content (AvgIpc) is 2.28. The largest absolute Gasteiger partial charge is 0.319 e. The average molecular weight is 244 g/mol. The van der Waals surface area contributed by atoms with E-state index in [0.717, 1.165) is 15.6 Å². The molecule has 1 unspecified atom stereocenters. The molecule has 1 aromatic rings. The molecule has 0 N–H and O–H groups in total. The van der Waals surface area contributed by atoms with Gasteiger partial charge in [0, 0.05) is 10.0 Å². The summed E-state index contributed by atoms with van der Waals surface area (Å²) in [7, 11) is 2.42. The first kappa shape index (κ1) is 8.21. The molecule has 0 fully saturated rings. The molecular formula is C8H7BrNOP. The van der Waals surface area contributed by atoms with E-state index in [-0.39, 0.29) is 5.91 Å². The number of benzene rings is 1. The number of carbonyl (C=O) groups is 1. The summed E-state index contributed by atoms with van der Waals surface area (Å²) in [6.07, 6.45) is 0. The van der Waals surface area contributed by atoms with E-state index >= 15 is 0 Å². The molecule has 0 radical (unpaired) electrons. The number of rotatable bonds is 0. The zero-order chi connectivity index (χ0) is 8.72. The van der Waals surface area contributed by atoms with Gasteiger partial charge in [-0.25, -0.2) is 0 Å². The first-order valence-corrected chi connectivity index (χ1v) is 4.84. The van der Waals surface area contributed by atoms with Crippen molar-refractivity contribution in [1.82, 2.24) is 4.67 Å². The second kappa shape index (κ2) is 2.82. The number of halogens is 1. The normalized spacial score (nSPS) is 15.2. The molecular weight excluding hydrogens is 237 g/mol. The number of nitrogens with zero attached hydrogens (tertiary/aromatic N) is 1. The summed E-state index contributed by atoms with van der Waals surface area (Å²) in [6.45, 7) is 0.693. The Kier molecular flexibility index (Phi) is 1.93. The molecule has 0 aromatic heterocycles. The Hall–Kier alpha value is -0.400. The van der Waals surface area contributed by atoms with Crippen LogP contribution in [0.15, 0.2) is 22.7 Å². The van der Waals surface area contributed by atoms with Crippen molar-refractivity contribution < 1.29 is 4.79 Å². The topological polar surface area (TPSA) is 20.3 Å². The molecule has 4 heteroatoms. The SMILES string of the molecule is O=C1c2ccc(Br)cc2CN1P. The van der Waals surface area contributed by atoms with Crippen molar-refractivity contribution in [3.63, 3.8) is 0 Å². The van der Waals surface area contributed by atoms with Crippen molar-refractivity contribution in [2.75, 3.05) is 0 Å². The lowest BCUT2D eigenvalue weighted by molar-refractivity contribution is 0.0888. The monoisotopic (exact) mass is 243 g/mol. The van der Waals surface area contributed by atoms with Crippen molar-refractivity contribution in [2.24, 2.45) is 0 Å². The van der Waals surface area contributed by atoms with E-state index in [1.165, 1.54) is 0 Å². The van der Waals surface area contributed by atoms with Crippen LogP contribution >= 0.6 is 25.3 Å². The third-order valence-corrected chi connectivity index (χ3v) is 2.81. The predicted molar refractivity (Wildman–Crippen MR) is 53.7 cm³/mol. The van der Waals surface area contributed by atoms with Crippen molar-refractivity contribution in [3.8, 4) is 0 Å². The smallest absolute Gasteiger partial charge is 0.257 e. The molecule has 1 heterocycles. The third-order valence-electron chi connectivity index (χ3n) is 1.90. The molecule has 2 nitrogen and oxygen atoms in total. The van der Waals surface area contributed by atoms with Gasteiger partial charge in [-0.05, 0) is 33.2 Å². The minimum atomic E-state index is 0.0856. The van der Waals surface area contributed by atoms with Gasteiger partial charge in [0.2, 0.25) is 0 Å². The summed E-state index contributed by atoms with van der Waals surface area (Å²) in [5, 5.41) is 0. The molecule has 0 saturated carbocycles. The van der Waals surface area contributed by atoms with E-state index in [4.69, 9.17) is 0 Å². The second-order valence-electron chi connectivity index (χ2n) is 2.73. The van der Waals surface area contributed by atoms with Crippen molar-refractivity contribution in [1.29, 1.82) is 0 Å². The molecule has 1 aromatic carbocycles. The highest BCUT2D eigenvalue weighted by Gasteiger charge is 2.23. The molecule has 1 aliphatic rings. The number of fused-ring (bicyclic) bond motifs is 1. The van der Waals surface area contributed by atoms with Gasteiger partial charge in [-0.1, -0.05) is 15.9 Å². The van der Waals surface area contributed by atoms with Crippen LogP contribution < -0.4 is 0 Å². The van der Waals surface area contributed by atoms with Crippen LogP contribution in [0.4, 0.5) is 0 Å². The Morgan fingerprint density at radius 1 is 1.50 bits per heavy atom. The van der Waals surface area contributed by atoms with Gasteiger partial charge in [0.25, 0.3) is 5.91 Å². The summed E-state index contributed by atoms with van der Waals surface area (Å²) < 4.78 is 2.66. The number of hydrogen-bond donors (Lipinski definition) is 0. The Labute approximate surface area is 81.3 Å². The molecule has 12 heavy (non-hydrogen) atoms.